The fourth-order valence-corrected chi connectivity index (χ4v) is 4.74. The van der Waals surface area contributed by atoms with E-state index in [1.54, 1.807) is 6.92 Å². The molecule has 15 nitrogen and oxygen atoms in total. The number of aliphatic hydroxyl groups is 7. The van der Waals surface area contributed by atoms with Crippen LogP contribution < -0.4 is 22.5 Å². The second-order valence-electron chi connectivity index (χ2n) is 9.61. The highest BCUT2D eigenvalue weighted by molar-refractivity contribution is 5.02. The SMILES string of the molecule is CC#CCNC[C@H]1O[C@H](O[C@H]2[C@H](O)[C@@H](OC3O[C@H](CO)[C@@H](O)[C@H](N)[C@H]3O)[C@H](N)C[C@@H]2N)[C@H](O)[C@@H](O)[C@@H]1O. The van der Waals surface area contributed by atoms with Crippen molar-refractivity contribution in [2.24, 2.45) is 17.2 Å². The molecule has 2 saturated heterocycles. The largest absolute Gasteiger partial charge is 0.394 e. The number of ether oxygens (including phenoxy) is 4. The number of hydrogen-bond donors (Lipinski definition) is 11. The molecule has 15 heteroatoms. The minimum absolute atomic E-state index is 0.0853. The van der Waals surface area contributed by atoms with E-state index in [1.807, 2.05) is 0 Å². The predicted octanol–water partition coefficient (Wildman–Crippen LogP) is -6.64. The highest BCUT2D eigenvalue weighted by atomic mass is 16.7. The highest BCUT2D eigenvalue weighted by Crippen LogP contribution is 2.31. The van der Waals surface area contributed by atoms with Crippen molar-refractivity contribution < 1.29 is 54.7 Å². The Morgan fingerprint density at radius 2 is 1.35 bits per heavy atom. The summed E-state index contributed by atoms with van der Waals surface area (Å²) in [6, 6.07) is -2.88. The van der Waals surface area contributed by atoms with Crippen molar-refractivity contribution in [3.8, 4) is 11.8 Å². The molecule has 3 fully saturated rings. The second-order valence-corrected chi connectivity index (χ2v) is 9.61. The Balaban J connectivity index is 1.70. The molecule has 3 rings (SSSR count). The highest BCUT2D eigenvalue weighted by Gasteiger charge is 2.51. The van der Waals surface area contributed by atoms with Crippen LogP contribution >= 0.6 is 0 Å². The molecule has 3 aliphatic rings. The van der Waals surface area contributed by atoms with Gasteiger partial charge in [0.25, 0.3) is 0 Å². The molecule has 1 aliphatic carbocycles. The first-order chi connectivity index (χ1) is 17.5. The number of rotatable bonds is 8. The van der Waals surface area contributed by atoms with Gasteiger partial charge in [0.1, 0.15) is 61.0 Å². The van der Waals surface area contributed by atoms with Crippen molar-refractivity contribution in [1.82, 2.24) is 5.32 Å². The van der Waals surface area contributed by atoms with Gasteiger partial charge in [-0.3, -0.25) is 0 Å². The van der Waals surface area contributed by atoms with Gasteiger partial charge in [-0.2, -0.15) is 0 Å². The van der Waals surface area contributed by atoms with Gasteiger partial charge in [-0.25, -0.2) is 0 Å². The summed E-state index contributed by atoms with van der Waals surface area (Å²) in [7, 11) is 0. The van der Waals surface area contributed by atoms with Crippen LogP contribution in [0.1, 0.15) is 13.3 Å². The van der Waals surface area contributed by atoms with E-state index in [0.717, 1.165) is 0 Å². The van der Waals surface area contributed by atoms with Crippen LogP contribution in [0.3, 0.4) is 0 Å². The van der Waals surface area contributed by atoms with E-state index >= 15 is 0 Å². The average molecular weight is 537 g/mol. The van der Waals surface area contributed by atoms with Crippen molar-refractivity contribution in [1.29, 1.82) is 0 Å². The van der Waals surface area contributed by atoms with E-state index in [2.05, 4.69) is 17.2 Å². The van der Waals surface area contributed by atoms with Crippen LogP contribution in [0.5, 0.6) is 0 Å². The van der Waals surface area contributed by atoms with Gasteiger partial charge < -0.3 is 77.2 Å². The van der Waals surface area contributed by atoms with Crippen molar-refractivity contribution in [3.05, 3.63) is 0 Å². The van der Waals surface area contributed by atoms with Crippen molar-refractivity contribution in [2.75, 3.05) is 19.7 Å². The lowest BCUT2D eigenvalue weighted by molar-refractivity contribution is -0.332. The molecule has 0 radical (unpaired) electrons. The first-order valence-corrected chi connectivity index (χ1v) is 12.2. The second kappa shape index (κ2) is 13.3. The summed E-state index contributed by atoms with van der Waals surface area (Å²) in [5, 5.41) is 75.0. The summed E-state index contributed by atoms with van der Waals surface area (Å²) >= 11 is 0. The molecular weight excluding hydrogens is 496 g/mol. The van der Waals surface area contributed by atoms with Gasteiger partial charge in [0.05, 0.1) is 19.2 Å². The Hall–Kier alpha value is -1.04. The van der Waals surface area contributed by atoms with E-state index in [4.69, 9.17) is 36.1 Å². The minimum atomic E-state index is -1.66. The normalized spacial score (nSPS) is 48.8. The maximum atomic E-state index is 11.1. The van der Waals surface area contributed by atoms with E-state index in [1.165, 1.54) is 0 Å². The van der Waals surface area contributed by atoms with E-state index in [-0.39, 0.29) is 13.0 Å². The molecule has 214 valence electrons. The lowest BCUT2D eigenvalue weighted by atomic mass is 9.84. The van der Waals surface area contributed by atoms with Crippen LogP contribution in [0.15, 0.2) is 0 Å². The molecule has 0 spiro atoms. The summed E-state index contributed by atoms with van der Waals surface area (Å²) in [5.41, 5.74) is 18.1. The maximum Gasteiger partial charge on any atom is 0.187 e. The molecular formula is C22H40N4O11. The quantitative estimate of drug-likeness (QED) is 0.102. The fraction of sp³-hybridized carbons (Fsp3) is 0.909. The van der Waals surface area contributed by atoms with Gasteiger partial charge in [-0.1, -0.05) is 5.92 Å². The standard InChI is InChI=1S/C22H40N4O11/c1-2-3-4-26-6-10-14(29)16(31)17(32)22(34-10)37-20-9(24)5-8(23)19(18(20)33)36-21-15(30)12(25)13(28)11(7-27)35-21/h8-22,26-33H,4-7,23-25H2,1H3/t8-,9+,10-,11-,12+,13-,14-,15-,16+,17-,18-,19+,20-,21?,22-/m1/s1. The van der Waals surface area contributed by atoms with Gasteiger partial charge in [-0.05, 0) is 13.3 Å². The van der Waals surface area contributed by atoms with Crippen LogP contribution in [0.25, 0.3) is 0 Å². The van der Waals surface area contributed by atoms with Gasteiger partial charge >= 0.3 is 0 Å². The predicted molar refractivity (Wildman–Crippen MR) is 125 cm³/mol. The van der Waals surface area contributed by atoms with Gasteiger partial charge in [0.2, 0.25) is 0 Å². The topological polar surface area (TPSA) is 269 Å². The summed E-state index contributed by atoms with van der Waals surface area (Å²) < 4.78 is 22.6. The van der Waals surface area contributed by atoms with Crippen molar-refractivity contribution in [2.45, 2.75) is 105 Å². The molecule has 0 aromatic rings. The first kappa shape index (κ1) is 30.5. The van der Waals surface area contributed by atoms with Crippen LogP contribution in [0.4, 0.5) is 0 Å². The van der Waals surface area contributed by atoms with Gasteiger partial charge in [-0.15, -0.1) is 5.92 Å². The third kappa shape index (κ3) is 6.76. The summed E-state index contributed by atoms with van der Waals surface area (Å²) in [6.45, 7) is 1.47. The molecule has 2 aliphatic heterocycles. The first-order valence-electron chi connectivity index (χ1n) is 12.2. The molecule has 0 aromatic heterocycles. The zero-order valence-corrected chi connectivity index (χ0v) is 20.5. The third-order valence-electron chi connectivity index (χ3n) is 6.99. The molecule has 15 atom stereocenters. The van der Waals surface area contributed by atoms with Crippen molar-refractivity contribution >= 4 is 0 Å². The minimum Gasteiger partial charge on any atom is -0.394 e. The van der Waals surface area contributed by atoms with Crippen LogP contribution in [0.2, 0.25) is 0 Å². The van der Waals surface area contributed by atoms with Gasteiger partial charge in [0.15, 0.2) is 12.6 Å². The fourth-order valence-electron chi connectivity index (χ4n) is 4.74. The number of aliphatic hydroxyl groups excluding tert-OH is 7. The molecule has 37 heavy (non-hydrogen) atoms. The average Bonchev–Trinajstić information content (AvgIpc) is 2.87. The van der Waals surface area contributed by atoms with E-state index in [0.29, 0.717) is 6.54 Å². The van der Waals surface area contributed by atoms with Crippen LogP contribution in [-0.4, -0.2) is 147 Å². The molecule has 0 amide bonds. The lowest BCUT2D eigenvalue weighted by Gasteiger charge is -2.48. The number of nitrogens with one attached hydrogen (secondary N) is 1. The number of hydrogen-bond acceptors (Lipinski definition) is 15. The summed E-state index contributed by atoms with van der Waals surface area (Å²) in [6.07, 6.45) is -16.4. The monoisotopic (exact) mass is 536 g/mol. The summed E-state index contributed by atoms with van der Waals surface area (Å²) in [5.74, 6) is 5.49. The Morgan fingerprint density at radius 1 is 0.784 bits per heavy atom. The molecule has 0 aromatic carbocycles. The number of nitrogens with two attached hydrogens (primary N) is 3. The molecule has 2 heterocycles. The smallest absolute Gasteiger partial charge is 0.187 e. The lowest BCUT2D eigenvalue weighted by Crippen LogP contribution is -2.68. The molecule has 0 bridgehead atoms. The maximum absolute atomic E-state index is 11.1. The van der Waals surface area contributed by atoms with Crippen molar-refractivity contribution in [3.63, 3.8) is 0 Å². The van der Waals surface area contributed by atoms with Gasteiger partial charge in [0, 0.05) is 18.6 Å². The van der Waals surface area contributed by atoms with E-state index in [9.17, 15) is 35.7 Å². The van der Waals surface area contributed by atoms with Crippen LogP contribution in [-0.2, 0) is 18.9 Å². The Bertz CT molecular complexity index is 785. The molecule has 1 saturated carbocycles. The molecule has 14 N–H and O–H groups in total. The third-order valence-corrected chi connectivity index (χ3v) is 6.99. The zero-order valence-electron chi connectivity index (χ0n) is 20.5. The van der Waals surface area contributed by atoms with Crippen LogP contribution in [0, 0.1) is 11.8 Å². The Kier molecular flexibility index (Phi) is 11.0. The Morgan fingerprint density at radius 3 is 1.92 bits per heavy atom. The molecule has 1 unspecified atom stereocenters. The van der Waals surface area contributed by atoms with E-state index < -0.39 is 98.4 Å². The zero-order chi connectivity index (χ0) is 27.4. The summed E-state index contributed by atoms with van der Waals surface area (Å²) in [4.78, 5) is 0. The Labute approximate surface area is 214 Å².